The molecule has 1 aliphatic heterocycles. The van der Waals surface area contributed by atoms with Gasteiger partial charge in [0.2, 0.25) is 6.41 Å². The van der Waals surface area contributed by atoms with E-state index in [1.807, 2.05) is 27.7 Å². The lowest BCUT2D eigenvalue weighted by molar-refractivity contribution is -0.190. The molecule has 0 aromatic carbocycles. The fraction of sp³-hybridized carbons (Fsp3) is 0.909. The van der Waals surface area contributed by atoms with Crippen LogP contribution in [0.15, 0.2) is 0 Å². The molecule has 39 heavy (non-hydrogen) atoms. The van der Waals surface area contributed by atoms with Crippen LogP contribution in [0.3, 0.4) is 0 Å². The standard InChI is InChI=1S/C28H52O4.2C2H6.CH3NO/c1-5-7-9-11-12-13-14-15-16-18-24(31-27(29)21-20-23(3)4)22-26-25(28(30)32-26)19-17-10-8-6-2;2*1-2;2-1-3/h23-26H,5-22H2,1-4H3;2*1-2H3;1H,(H2,2,3)/t24-,25-,26-;;;/m0.../s1. The van der Waals surface area contributed by atoms with Gasteiger partial charge in [-0.3, -0.25) is 14.4 Å². The second-order valence-corrected chi connectivity index (χ2v) is 10.5. The second kappa shape index (κ2) is 32.6. The van der Waals surface area contributed by atoms with E-state index in [2.05, 4.69) is 33.4 Å². The van der Waals surface area contributed by atoms with Crippen molar-refractivity contribution in [3.05, 3.63) is 0 Å². The maximum atomic E-state index is 12.4. The van der Waals surface area contributed by atoms with Gasteiger partial charge in [0.1, 0.15) is 12.2 Å². The summed E-state index contributed by atoms with van der Waals surface area (Å²) in [6.07, 6.45) is 20.1. The molecule has 0 aliphatic carbocycles. The molecule has 1 amide bonds. The summed E-state index contributed by atoms with van der Waals surface area (Å²) < 4.78 is 11.4. The molecular weight excluding hydrogens is 490 g/mol. The molecule has 1 rings (SSSR count). The molecule has 0 radical (unpaired) electrons. The molecule has 0 bridgehead atoms. The van der Waals surface area contributed by atoms with E-state index in [0.717, 1.165) is 32.1 Å². The van der Waals surface area contributed by atoms with E-state index >= 15 is 0 Å². The molecule has 234 valence electrons. The molecule has 2 N–H and O–H groups in total. The quantitative estimate of drug-likeness (QED) is 0.0861. The van der Waals surface area contributed by atoms with Gasteiger partial charge in [-0.2, -0.15) is 0 Å². The van der Waals surface area contributed by atoms with Crippen LogP contribution in [-0.2, 0) is 23.9 Å². The zero-order valence-electron chi connectivity index (χ0n) is 27.2. The van der Waals surface area contributed by atoms with Gasteiger partial charge in [-0.15, -0.1) is 0 Å². The van der Waals surface area contributed by atoms with Crippen LogP contribution in [-0.4, -0.2) is 30.6 Å². The fourth-order valence-corrected chi connectivity index (χ4v) is 4.52. The van der Waals surface area contributed by atoms with E-state index < -0.39 is 0 Å². The van der Waals surface area contributed by atoms with Gasteiger partial charge in [0.05, 0.1) is 5.92 Å². The number of amides is 1. The van der Waals surface area contributed by atoms with E-state index in [1.54, 1.807) is 0 Å². The number of hydrogen-bond donors (Lipinski definition) is 1. The van der Waals surface area contributed by atoms with Crippen molar-refractivity contribution < 1.29 is 23.9 Å². The Kier molecular flexibility index (Phi) is 35.0. The smallest absolute Gasteiger partial charge is 0.313 e. The number of nitrogens with two attached hydrogens (primary N) is 1. The largest absolute Gasteiger partial charge is 0.462 e. The van der Waals surface area contributed by atoms with Crippen LogP contribution < -0.4 is 5.73 Å². The predicted octanol–water partition coefficient (Wildman–Crippen LogP) is 9.31. The minimum atomic E-state index is -0.115. The van der Waals surface area contributed by atoms with Crippen LogP contribution in [0.25, 0.3) is 0 Å². The third-order valence-electron chi connectivity index (χ3n) is 6.74. The summed E-state index contributed by atoms with van der Waals surface area (Å²) in [6, 6.07) is 0. The lowest BCUT2D eigenvalue weighted by Gasteiger charge is -2.37. The minimum absolute atomic E-state index is 0.00634. The summed E-state index contributed by atoms with van der Waals surface area (Å²) in [7, 11) is 0. The number of unbranched alkanes of at least 4 members (excludes halogenated alkanes) is 11. The lowest BCUT2D eigenvalue weighted by Crippen LogP contribution is -2.47. The Hall–Kier alpha value is -1.59. The number of primary amides is 1. The van der Waals surface area contributed by atoms with Crippen molar-refractivity contribution in [1.29, 1.82) is 0 Å². The predicted molar refractivity (Wildman–Crippen MR) is 165 cm³/mol. The molecule has 6 nitrogen and oxygen atoms in total. The highest BCUT2D eigenvalue weighted by molar-refractivity contribution is 5.78. The number of hydrogen-bond acceptors (Lipinski definition) is 5. The molecule has 3 atom stereocenters. The van der Waals surface area contributed by atoms with Gasteiger partial charge in [-0.05, 0) is 31.6 Å². The molecule has 0 spiro atoms. The fourth-order valence-electron chi connectivity index (χ4n) is 4.52. The molecule has 1 fully saturated rings. The van der Waals surface area contributed by atoms with Gasteiger partial charge in [0, 0.05) is 12.8 Å². The third-order valence-corrected chi connectivity index (χ3v) is 6.74. The van der Waals surface area contributed by atoms with Gasteiger partial charge in [0.25, 0.3) is 0 Å². The van der Waals surface area contributed by atoms with Gasteiger partial charge in [-0.1, -0.05) is 132 Å². The second-order valence-electron chi connectivity index (χ2n) is 10.5. The molecular formula is C33H67NO5. The van der Waals surface area contributed by atoms with Crippen LogP contribution in [0.4, 0.5) is 0 Å². The number of cyclic esters (lactones) is 1. The number of rotatable bonds is 21. The van der Waals surface area contributed by atoms with E-state index in [-0.39, 0.29) is 36.5 Å². The van der Waals surface area contributed by atoms with Gasteiger partial charge >= 0.3 is 11.9 Å². The maximum absolute atomic E-state index is 12.4. The number of carbonyl (C=O) groups is 3. The van der Waals surface area contributed by atoms with Gasteiger partial charge in [0.15, 0.2) is 0 Å². The van der Waals surface area contributed by atoms with Crippen LogP contribution in [0.5, 0.6) is 0 Å². The van der Waals surface area contributed by atoms with Crippen molar-refractivity contribution in [2.75, 3.05) is 0 Å². The van der Waals surface area contributed by atoms with E-state index in [1.165, 1.54) is 70.6 Å². The summed E-state index contributed by atoms with van der Waals surface area (Å²) in [4.78, 5) is 32.9. The Morgan fingerprint density at radius 1 is 0.846 bits per heavy atom. The Morgan fingerprint density at radius 2 is 1.31 bits per heavy atom. The highest BCUT2D eigenvalue weighted by atomic mass is 16.6. The number of carbonyl (C=O) groups excluding carboxylic acids is 3. The summed E-state index contributed by atoms with van der Waals surface area (Å²) in [6.45, 7) is 16.7. The van der Waals surface area contributed by atoms with Crippen molar-refractivity contribution in [1.82, 2.24) is 0 Å². The first-order chi connectivity index (χ1) is 18.9. The molecule has 1 aliphatic rings. The van der Waals surface area contributed by atoms with Crippen molar-refractivity contribution in [3.63, 3.8) is 0 Å². The molecule has 0 unspecified atom stereocenters. The molecule has 1 saturated heterocycles. The number of ether oxygens (including phenoxy) is 2. The first-order valence-corrected chi connectivity index (χ1v) is 16.4. The molecule has 0 aromatic heterocycles. The van der Waals surface area contributed by atoms with Crippen molar-refractivity contribution in [3.8, 4) is 0 Å². The number of esters is 2. The lowest BCUT2D eigenvalue weighted by atomic mass is 9.86. The summed E-state index contributed by atoms with van der Waals surface area (Å²) >= 11 is 0. The summed E-state index contributed by atoms with van der Waals surface area (Å²) in [5.41, 5.74) is 4.17. The zero-order valence-corrected chi connectivity index (χ0v) is 27.2. The van der Waals surface area contributed by atoms with Crippen LogP contribution in [0, 0.1) is 11.8 Å². The average molecular weight is 558 g/mol. The Labute approximate surface area is 242 Å². The highest BCUT2D eigenvalue weighted by Crippen LogP contribution is 2.32. The van der Waals surface area contributed by atoms with Gasteiger partial charge in [-0.25, -0.2) is 0 Å². The zero-order chi connectivity index (χ0) is 30.3. The third kappa shape index (κ3) is 26.4. The first kappa shape index (κ1) is 41.9. The SMILES string of the molecule is CC.CC.CCCCCCCCCCC[C@@H](C[C@@H]1OC(=O)[C@H]1CCCCCC)OC(=O)CCC(C)C.NC=O. The van der Waals surface area contributed by atoms with Crippen molar-refractivity contribution in [2.24, 2.45) is 17.6 Å². The molecule has 1 heterocycles. The molecule has 0 aromatic rings. The average Bonchev–Trinajstić information content (AvgIpc) is 2.93. The van der Waals surface area contributed by atoms with E-state index in [0.29, 0.717) is 18.8 Å². The summed E-state index contributed by atoms with van der Waals surface area (Å²) in [5.74, 6) is 0.356. The molecule has 6 heteroatoms. The topological polar surface area (TPSA) is 95.7 Å². The normalized spacial score (nSPS) is 16.2. The van der Waals surface area contributed by atoms with E-state index in [9.17, 15) is 9.59 Å². The first-order valence-electron chi connectivity index (χ1n) is 16.4. The van der Waals surface area contributed by atoms with Gasteiger partial charge < -0.3 is 15.2 Å². The Bertz CT molecular complexity index is 538. The molecule has 0 saturated carbocycles. The van der Waals surface area contributed by atoms with Crippen LogP contribution in [0.2, 0.25) is 0 Å². The highest BCUT2D eigenvalue weighted by Gasteiger charge is 2.43. The van der Waals surface area contributed by atoms with Crippen LogP contribution in [0.1, 0.15) is 171 Å². The van der Waals surface area contributed by atoms with Crippen molar-refractivity contribution >= 4 is 18.3 Å². The Morgan fingerprint density at radius 3 is 1.77 bits per heavy atom. The maximum Gasteiger partial charge on any atom is 0.313 e. The summed E-state index contributed by atoms with van der Waals surface area (Å²) in [5, 5.41) is 0. The van der Waals surface area contributed by atoms with Crippen molar-refractivity contribution in [2.45, 2.75) is 183 Å². The minimum Gasteiger partial charge on any atom is -0.462 e. The Balaban J connectivity index is -0.00000169. The monoisotopic (exact) mass is 558 g/mol. The van der Waals surface area contributed by atoms with Crippen LogP contribution >= 0.6 is 0 Å². The van der Waals surface area contributed by atoms with E-state index in [4.69, 9.17) is 14.3 Å².